The van der Waals surface area contributed by atoms with Crippen molar-refractivity contribution in [2.45, 2.75) is 33.1 Å². The average Bonchev–Trinajstić information content (AvgIpc) is 2.47. The number of H-pyrrole nitrogens is 1. The Balaban J connectivity index is 1.80. The number of nitrogens with zero attached hydrogens (tertiary/aromatic N) is 1. The molecule has 0 saturated heterocycles. The second-order valence-electron chi connectivity index (χ2n) is 5.37. The predicted molar refractivity (Wildman–Crippen MR) is 86.0 cm³/mol. The van der Waals surface area contributed by atoms with Gasteiger partial charge in [-0.3, -0.25) is 14.6 Å². The normalized spacial score (nSPS) is 10.5. The van der Waals surface area contributed by atoms with Gasteiger partial charge in [-0.2, -0.15) is 0 Å². The van der Waals surface area contributed by atoms with Crippen molar-refractivity contribution in [3.63, 3.8) is 0 Å². The highest BCUT2D eigenvalue weighted by Gasteiger charge is 2.13. The quantitative estimate of drug-likeness (QED) is 0.802. The molecule has 5 nitrogen and oxygen atoms in total. The van der Waals surface area contributed by atoms with Crippen molar-refractivity contribution in [2.75, 3.05) is 6.54 Å². The topological polar surface area (TPSA) is 74.8 Å². The van der Waals surface area contributed by atoms with Gasteiger partial charge in [-0.1, -0.05) is 6.07 Å². The molecule has 0 saturated carbocycles. The van der Waals surface area contributed by atoms with E-state index in [0.717, 1.165) is 30.7 Å². The van der Waals surface area contributed by atoms with Crippen molar-refractivity contribution in [3.8, 4) is 0 Å². The number of carbonyl (C=O) groups is 1. The van der Waals surface area contributed by atoms with E-state index in [0.29, 0.717) is 12.1 Å². The molecule has 0 bridgehead atoms. The van der Waals surface area contributed by atoms with Crippen LogP contribution in [-0.4, -0.2) is 22.4 Å². The van der Waals surface area contributed by atoms with Crippen LogP contribution < -0.4 is 10.9 Å². The van der Waals surface area contributed by atoms with Crippen LogP contribution >= 0.6 is 0 Å². The molecular formula is C17H21N3O2. The zero-order valence-corrected chi connectivity index (χ0v) is 13.0. The van der Waals surface area contributed by atoms with Crippen molar-refractivity contribution in [1.82, 2.24) is 15.3 Å². The van der Waals surface area contributed by atoms with Crippen LogP contribution in [0.5, 0.6) is 0 Å². The summed E-state index contributed by atoms with van der Waals surface area (Å²) in [5, 5.41) is 2.81. The number of pyridine rings is 2. The Morgan fingerprint density at radius 2 is 2.09 bits per heavy atom. The van der Waals surface area contributed by atoms with E-state index in [1.165, 1.54) is 0 Å². The molecule has 1 amide bonds. The Morgan fingerprint density at radius 3 is 2.77 bits per heavy atom. The monoisotopic (exact) mass is 299 g/mol. The molecule has 0 spiro atoms. The minimum atomic E-state index is -0.330. The van der Waals surface area contributed by atoms with Crippen LogP contribution in [0.2, 0.25) is 0 Å². The lowest BCUT2D eigenvalue weighted by Gasteiger charge is -2.07. The number of hydrogen-bond donors (Lipinski definition) is 2. The van der Waals surface area contributed by atoms with E-state index in [1.54, 1.807) is 26.1 Å². The van der Waals surface area contributed by atoms with Gasteiger partial charge in [0.15, 0.2) is 0 Å². The van der Waals surface area contributed by atoms with Gasteiger partial charge in [-0.05, 0) is 56.9 Å². The maximum absolute atomic E-state index is 12.1. The number of aromatic amines is 1. The highest BCUT2D eigenvalue weighted by Crippen LogP contribution is 2.04. The Hall–Kier alpha value is -2.43. The third kappa shape index (κ3) is 4.28. The maximum Gasteiger partial charge on any atom is 0.261 e. The minimum absolute atomic E-state index is 0.204. The fourth-order valence-electron chi connectivity index (χ4n) is 2.40. The van der Waals surface area contributed by atoms with Crippen molar-refractivity contribution in [1.29, 1.82) is 0 Å². The molecule has 5 heteroatoms. The molecule has 2 heterocycles. The molecule has 2 aromatic heterocycles. The van der Waals surface area contributed by atoms with E-state index in [2.05, 4.69) is 15.3 Å². The molecule has 0 aromatic carbocycles. The number of unbranched alkanes of at least 4 members (excludes halogenated alkanes) is 1. The summed E-state index contributed by atoms with van der Waals surface area (Å²) >= 11 is 0. The van der Waals surface area contributed by atoms with Crippen LogP contribution in [0.25, 0.3) is 0 Å². The Labute approximate surface area is 129 Å². The highest BCUT2D eigenvalue weighted by molar-refractivity contribution is 5.95. The lowest BCUT2D eigenvalue weighted by molar-refractivity contribution is 0.0951. The summed E-state index contributed by atoms with van der Waals surface area (Å²) in [6.07, 6.45) is 4.47. The van der Waals surface area contributed by atoms with Gasteiger partial charge in [-0.15, -0.1) is 0 Å². The first-order valence-corrected chi connectivity index (χ1v) is 7.46. The first-order chi connectivity index (χ1) is 10.6. The number of rotatable bonds is 6. The molecule has 22 heavy (non-hydrogen) atoms. The van der Waals surface area contributed by atoms with Crippen LogP contribution in [-0.2, 0) is 6.42 Å². The van der Waals surface area contributed by atoms with Crippen LogP contribution in [0.1, 0.15) is 40.2 Å². The van der Waals surface area contributed by atoms with Gasteiger partial charge in [-0.25, -0.2) is 0 Å². The molecule has 0 unspecified atom stereocenters. The molecule has 116 valence electrons. The van der Waals surface area contributed by atoms with E-state index in [1.807, 2.05) is 18.2 Å². The largest absolute Gasteiger partial charge is 0.352 e. The smallest absolute Gasteiger partial charge is 0.261 e. The standard InChI is InChI=1S/C17H21N3O2/c1-12-11-13(2)20-17(22)15(12)16(21)19-10-6-4-8-14-7-3-5-9-18-14/h3,5,7,9,11H,4,6,8,10H2,1-2H3,(H,19,21)(H,20,22). The maximum atomic E-state index is 12.1. The van der Waals surface area contributed by atoms with Crippen molar-refractivity contribution in [3.05, 3.63) is 63.3 Å². The lowest BCUT2D eigenvalue weighted by atomic mass is 10.1. The predicted octanol–water partition coefficient (Wildman–Crippen LogP) is 2.14. The third-order valence-electron chi connectivity index (χ3n) is 3.46. The average molecular weight is 299 g/mol. The number of aryl methyl sites for hydroxylation is 3. The van der Waals surface area contributed by atoms with Gasteiger partial charge in [0, 0.05) is 24.1 Å². The van der Waals surface area contributed by atoms with Crippen LogP contribution in [0, 0.1) is 13.8 Å². The van der Waals surface area contributed by atoms with Crippen molar-refractivity contribution < 1.29 is 4.79 Å². The Bertz CT molecular complexity index is 693. The third-order valence-corrected chi connectivity index (χ3v) is 3.46. The zero-order valence-electron chi connectivity index (χ0n) is 13.0. The lowest BCUT2D eigenvalue weighted by Crippen LogP contribution is -2.31. The molecule has 0 radical (unpaired) electrons. The number of amides is 1. The summed E-state index contributed by atoms with van der Waals surface area (Å²) in [7, 11) is 0. The summed E-state index contributed by atoms with van der Waals surface area (Å²) < 4.78 is 0. The van der Waals surface area contributed by atoms with Crippen LogP contribution in [0.3, 0.4) is 0 Å². The van der Waals surface area contributed by atoms with Crippen LogP contribution in [0.4, 0.5) is 0 Å². The molecule has 2 rings (SSSR count). The molecule has 0 aliphatic carbocycles. The van der Waals surface area contributed by atoms with Crippen molar-refractivity contribution in [2.24, 2.45) is 0 Å². The second-order valence-corrected chi connectivity index (χ2v) is 5.37. The Morgan fingerprint density at radius 1 is 1.27 bits per heavy atom. The first-order valence-electron chi connectivity index (χ1n) is 7.46. The van der Waals surface area contributed by atoms with Gasteiger partial charge in [0.25, 0.3) is 11.5 Å². The second kappa shape index (κ2) is 7.54. The number of carbonyl (C=O) groups excluding carboxylic acids is 1. The summed E-state index contributed by atoms with van der Waals surface area (Å²) in [6.45, 7) is 4.13. The molecular weight excluding hydrogens is 278 g/mol. The van der Waals surface area contributed by atoms with E-state index in [9.17, 15) is 9.59 Å². The summed E-state index contributed by atoms with van der Waals surface area (Å²) in [5.74, 6) is -0.309. The van der Waals surface area contributed by atoms with Gasteiger partial charge < -0.3 is 10.3 Å². The van der Waals surface area contributed by atoms with Crippen LogP contribution in [0.15, 0.2) is 35.3 Å². The van der Waals surface area contributed by atoms with Gasteiger partial charge in [0.05, 0.1) is 0 Å². The SMILES string of the molecule is Cc1cc(C)c(C(=O)NCCCCc2ccccn2)c(=O)[nH]1. The van der Waals surface area contributed by atoms with E-state index >= 15 is 0 Å². The molecule has 2 aromatic rings. The van der Waals surface area contributed by atoms with E-state index in [-0.39, 0.29) is 17.0 Å². The minimum Gasteiger partial charge on any atom is -0.352 e. The zero-order chi connectivity index (χ0) is 15.9. The fraction of sp³-hybridized carbons (Fsp3) is 0.353. The number of nitrogens with one attached hydrogen (secondary N) is 2. The first kappa shape index (κ1) is 15.9. The summed E-state index contributed by atoms with van der Waals surface area (Å²) in [4.78, 5) is 30.9. The summed E-state index contributed by atoms with van der Waals surface area (Å²) in [5.41, 5.74) is 2.39. The highest BCUT2D eigenvalue weighted by atomic mass is 16.2. The van der Waals surface area contributed by atoms with Gasteiger partial charge >= 0.3 is 0 Å². The van der Waals surface area contributed by atoms with Gasteiger partial charge in [0.2, 0.25) is 0 Å². The van der Waals surface area contributed by atoms with E-state index < -0.39 is 0 Å². The molecule has 0 atom stereocenters. The number of hydrogen-bond acceptors (Lipinski definition) is 3. The fourth-order valence-corrected chi connectivity index (χ4v) is 2.40. The Kier molecular flexibility index (Phi) is 5.47. The number of aromatic nitrogens is 2. The van der Waals surface area contributed by atoms with E-state index in [4.69, 9.17) is 0 Å². The van der Waals surface area contributed by atoms with Crippen molar-refractivity contribution >= 4 is 5.91 Å². The molecule has 0 fully saturated rings. The van der Waals surface area contributed by atoms with Gasteiger partial charge in [0.1, 0.15) is 5.56 Å². The molecule has 0 aliphatic heterocycles. The summed E-state index contributed by atoms with van der Waals surface area (Å²) in [6, 6.07) is 7.66. The molecule has 0 aliphatic rings. The molecule has 2 N–H and O–H groups in total.